The minimum absolute atomic E-state index is 0.0400. The summed E-state index contributed by atoms with van der Waals surface area (Å²) in [6, 6.07) is 19.6. The Labute approximate surface area is 266 Å². The molecule has 2 aromatic heterocycles. The van der Waals surface area contributed by atoms with Crippen LogP contribution >= 0.6 is 0 Å². The second-order valence-electron chi connectivity index (χ2n) is 11.3. The lowest BCUT2D eigenvalue weighted by molar-refractivity contribution is -0.385. The maximum atomic E-state index is 13.3. The lowest BCUT2D eigenvalue weighted by Gasteiger charge is -2.33. The quantitative estimate of drug-likeness (QED) is 0.155. The first-order valence-corrected chi connectivity index (χ1v) is 15.3. The van der Waals surface area contributed by atoms with E-state index in [1.54, 1.807) is 19.9 Å². The number of aliphatic carboxylic acids is 1. The fourth-order valence-corrected chi connectivity index (χ4v) is 5.49. The highest BCUT2D eigenvalue weighted by Gasteiger charge is 2.27. The second-order valence-corrected chi connectivity index (χ2v) is 11.3. The van der Waals surface area contributed by atoms with E-state index in [0.29, 0.717) is 29.6 Å². The normalized spacial score (nSPS) is 14.0. The van der Waals surface area contributed by atoms with Crippen molar-refractivity contribution in [3.8, 4) is 17.0 Å². The summed E-state index contributed by atoms with van der Waals surface area (Å²) in [7, 11) is 0. The van der Waals surface area contributed by atoms with Gasteiger partial charge in [0, 0.05) is 36.8 Å². The highest BCUT2D eigenvalue weighted by atomic mass is 16.6. The molecule has 12 nitrogen and oxygen atoms in total. The second kappa shape index (κ2) is 14.6. The van der Waals surface area contributed by atoms with Crippen molar-refractivity contribution in [3.63, 3.8) is 0 Å². The average molecular weight is 625 g/mol. The summed E-state index contributed by atoms with van der Waals surface area (Å²) in [4.78, 5) is 51.2. The summed E-state index contributed by atoms with van der Waals surface area (Å²) >= 11 is 0. The summed E-state index contributed by atoms with van der Waals surface area (Å²) in [5, 5.41) is 23.0. The number of ether oxygens (including phenoxy) is 1. The lowest BCUT2D eigenvalue weighted by atomic mass is 9.92. The van der Waals surface area contributed by atoms with Crippen molar-refractivity contribution in [1.29, 1.82) is 0 Å². The van der Waals surface area contributed by atoms with Crippen molar-refractivity contribution in [3.05, 3.63) is 106 Å². The number of hydrogen-bond acceptors (Lipinski definition) is 9. The van der Waals surface area contributed by atoms with Gasteiger partial charge in [-0.3, -0.25) is 14.9 Å². The number of amides is 1. The molecular weight excluding hydrogens is 588 g/mol. The number of carboxylic acid groups (broad SMARTS) is 1. The topological polar surface area (TPSA) is 161 Å². The number of nitrogens with one attached hydrogen (secondary N) is 1. The van der Waals surface area contributed by atoms with Crippen LogP contribution in [0.25, 0.3) is 11.3 Å². The number of nitro groups is 1. The van der Waals surface area contributed by atoms with Crippen LogP contribution in [0, 0.1) is 23.0 Å². The van der Waals surface area contributed by atoms with E-state index >= 15 is 0 Å². The Kier molecular flexibility index (Phi) is 10.2. The Morgan fingerprint density at radius 1 is 1.07 bits per heavy atom. The van der Waals surface area contributed by atoms with Gasteiger partial charge in [0.2, 0.25) is 0 Å². The van der Waals surface area contributed by atoms with Crippen molar-refractivity contribution in [1.82, 2.24) is 20.3 Å². The minimum atomic E-state index is -1.11. The zero-order chi connectivity index (χ0) is 32.6. The molecule has 5 rings (SSSR count). The van der Waals surface area contributed by atoms with E-state index in [2.05, 4.69) is 20.2 Å². The van der Waals surface area contributed by atoms with Crippen molar-refractivity contribution >= 4 is 23.3 Å². The third-order valence-electron chi connectivity index (χ3n) is 8.11. The largest absolute Gasteiger partial charge is 0.485 e. The van der Waals surface area contributed by atoms with Gasteiger partial charge in [0.05, 0.1) is 16.3 Å². The van der Waals surface area contributed by atoms with Gasteiger partial charge in [0.1, 0.15) is 24.7 Å². The molecule has 46 heavy (non-hydrogen) atoms. The van der Waals surface area contributed by atoms with Crippen LogP contribution in [0.15, 0.2) is 72.9 Å². The van der Waals surface area contributed by atoms with Gasteiger partial charge < -0.3 is 20.1 Å². The Bertz CT molecular complexity index is 1670. The van der Waals surface area contributed by atoms with E-state index in [-0.39, 0.29) is 30.2 Å². The SMILES string of the molecule is CCC(NC(=O)c1nc(CC2CCN(c3ccc(-c4ccc([N+](=O)[O-])cn4)cc3)CC2)nc(C)c1OCc1ccccc1)C(=O)O. The summed E-state index contributed by atoms with van der Waals surface area (Å²) in [5.41, 5.74) is 4.07. The molecule has 0 saturated carbocycles. The summed E-state index contributed by atoms with van der Waals surface area (Å²) < 4.78 is 6.04. The number of pyridine rings is 1. The van der Waals surface area contributed by atoms with Crippen molar-refractivity contribution in [2.45, 2.75) is 52.2 Å². The van der Waals surface area contributed by atoms with Gasteiger partial charge in [-0.05, 0) is 55.9 Å². The van der Waals surface area contributed by atoms with E-state index in [9.17, 15) is 24.8 Å². The standard InChI is InChI=1S/C34H36N6O6/c1-3-28(34(42)43)37-33(41)31-32(46-21-24-7-5-4-6-8-24)22(2)36-30(38-31)19-23-15-17-39(18-16-23)26-11-9-25(10-12-26)29-14-13-27(20-35-29)40(44)45/h4-14,20,23,28H,3,15-19,21H2,1-2H3,(H,37,41)(H,42,43). The number of anilines is 1. The maximum Gasteiger partial charge on any atom is 0.326 e. The van der Waals surface area contributed by atoms with Gasteiger partial charge in [0.15, 0.2) is 11.4 Å². The molecule has 1 aliphatic heterocycles. The van der Waals surface area contributed by atoms with Crippen LogP contribution < -0.4 is 15.0 Å². The predicted molar refractivity (Wildman–Crippen MR) is 172 cm³/mol. The minimum Gasteiger partial charge on any atom is -0.485 e. The first-order chi connectivity index (χ1) is 22.2. The number of piperidine rings is 1. The van der Waals surface area contributed by atoms with Crippen LogP contribution in [0.4, 0.5) is 11.4 Å². The number of hydrogen-bond donors (Lipinski definition) is 2. The highest BCUT2D eigenvalue weighted by Crippen LogP contribution is 2.29. The zero-order valence-corrected chi connectivity index (χ0v) is 25.8. The molecule has 1 unspecified atom stereocenters. The number of carboxylic acids is 1. The van der Waals surface area contributed by atoms with Gasteiger partial charge in [-0.1, -0.05) is 49.4 Å². The van der Waals surface area contributed by atoms with E-state index in [0.717, 1.165) is 42.7 Å². The summed E-state index contributed by atoms with van der Waals surface area (Å²) in [6.45, 7) is 5.35. The molecular formula is C34H36N6O6. The Balaban J connectivity index is 1.25. The predicted octanol–water partition coefficient (Wildman–Crippen LogP) is 5.39. The molecule has 2 aromatic carbocycles. The molecule has 1 aliphatic rings. The smallest absolute Gasteiger partial charge is 0.326 e. The van der Waals surface area contributed by atoms with E-state index in [1.807, 2.05) is 54.6 Å². The monoisotopic (exact) mass is 624 g/mol. The Morgan fingerprint density at radius 2 is 1.78 bits per heavy atom. The average Bonchev–Trinajstić information content (AvgIpc) is 3.07. The van der Waals surface area contributed by atoms with Crippen molar-refractivity contribution in [2.24, 2.45) is 5.92 Å². The number of carbonyl (C=O) groups is 2. The van der Waals surface area contributed by atoms with Gasteiger partial charge in [-0.15, -0.1) is 0 Å². The molecule has 0 spiro atoms. The van der Waals surface area contributed by atoms with Gasteiger partial charge in [-0.25, -0.2) is 19.7 Å². The number of benzene rings is 2. The Hall–Kier alpha value is -5.39. The van der Waals surface area contributed by atoms with Crippen molar-refractivity contribution in [2.75, 3.05) is 18.0 Å². The molecule has 1 amide bonds. The van der Waals surface area contributed by atoms with Crippen LogP contribution in [-0.2, 0) is 17.8 Å². The molecule has 3 heterocycles. The number of nitrogens with zero attached hydrogens (tertiary/aromatic N) is 5. The third-order valence-corrected chi connectivity index (χ3v) is 8.11. The van der Waals surface area contributed by atoms with Crippen LogP contribution in [0.2, 0.25) is 0 Å². The molecule has 2 N–H and O–H groups in total. The molecule has 1 saturated heterocycles. The lowest BCUT2D eigenvalue weighted by Crippen LogP contribution is -2.41. The van der Waals surface area contributed by atoms with Crippen molar-refractivity contribution < 1.29 is 24.4 Å². The molecule has 12 heteroatoms. The molecule has 1 fully saturated rings. The Morgan fingerprint density at radius 3 is 2.39 bits per heavy atom. The number of carbonyl (C=O) groups excluding carboxylic acids is 1. The maximum absolute atomic E-state index is 13.3. The third kappa shape index (κ3) is 7.81. The van der Waals surface area contributed by atoms with Gasteiger partial charge in [0.25, 0.3) is 11.6 Å². The molecule has 238 valence electrons. The fraction of sp³-hybridized carbons (Fsp3) is 0.324. The number of rotatable bonds is 12. The van der Waals surface area contributed by atoms with Crippen LogP contribution in [-0.4, -0.2) is 56.0 Å². The molecule has 4 aromatic rings. The van der Waals surface area contributed by atoms with Crippen LogP contribution in [0.1, 0.15) is 53.8 Å². The molecule has 0 bridgehead atoms. The van der Waals surface area contributed by atoms with Gasteiger partial charge >= 0.3 is 5.97 Å². The number of aromatic nitrogens is 3. The highest BCUT2D eigenvalue weighted by molar-refractivity contribution is 5.97. The first-order valence-electron chi connectivity index (χ1n) is 15.3. The molecule has 1 atom stereocenters. The molecule has 0 aliphatic carbocycles. The van der Waals surface area contributed by atoms with E-state index in [4.69, 9.17) is 9.72 Å². The first kappa shape index (κ1) is 32.0. The van der Waals surface area contributed by atoms with E-state index in [1.165, 1.54) is 12.3 Å². The van der Waals surface area contributed by atoms with Gasteiger partial charge in [-0.2, -0.15) is 0 Å². The van der Waals surface area contributed by atoms with Crippen LogP contribution in [0.3, 0.4) is 0 Å². The fourth-order valence-electron chi connectivity index (χ4n) is 5.49. The zero-order valence-electron chi connectivity index (χ0n) is 25.8. The number of aryl methyl sites for hydroxylation is 1. The summed E-state index contributed by atoms with van der Waals surface area (Å²) in [5.74, 6) is -0.651. The molecule has 0 radical (unpaired) electrons. The van der Waals surface area contributed by atoms with Crippen LogP contribution in [0.5, 0.6) is 5.75 Å². The summed E-state index contributed by atoms with van der Waals surface area (Å²) in [6.07, 6.45) is 3.87. The van der Waals surface area contributed by atoms with E-state index < -0.39 is 22.8 Å².